The SMILES string of the molecule is COC(=O)c1nc2c(c(Sc3cccc(C)c3)nn2-c2nc3ccccc3s2)c(N)c1C(=O)OC. The van der Waals surface area contributed by atoms with Crippen LogP contribution in [0.25, 0.3) is 26.4 Å². The molecule has 5 rings (SSSR count). The van der Waals surface area contributed by atoms with Crippen molar-refractivity contribution < 1.29 is 19.1 Å². The second-order valence-corrected chi connectivity index (χ2v) is 9.60. The largest absolute Gasteiger partial charge is 0.465 e. The molecule has 0 saturated carbocycles. The van der Waals surface area contributed by atoms with Gasteiger partial charge in [0.1, 0.15) is 10.6 Å². The van der Waals surface area contributed by atoms with Gasteiger partial charge in [-0.1, -0.05) is 52.9 Å². The molecule has 0 fully saturated rings. The van der Waals surface area contributed by atoms with Crippen LogP contribution in [0.1, 0.15) is 26.4 Å². The van der Waals surface area contributed by atoms with Gasteiger partial charge in [-0.3, -0.25) is 0 Å². The second-order valence-electron chi connectivity index (χ2n) is 7.53. The number of esters is 2. The zero-order valence-electron chi connectivity index (χ0n) is 18.9. The van der Waals surface area contributed by atoms with Crippen molar-refractivity contribution in [3.05, 3.63) is 65.4 Å². The van der Waals surface area contributed by atoms with E-state index < -0.39 is 11.9 Å². The van der Waals surface area contributed by atoms with Crippen molar-refractivity contribution >= 4 is 62.0 Å². The van der Waals surface area contributed by atoms with Gasteiger partial charge in [0.2, 0.25) is 5.13 Å². The average molecular weight is 506 g/mol. The van der Waals surface area contributed by atoms with Crippen molar-refractivity contribution in [1.29, 1.82) is 0 Å². The number of methoxy groups -OCH3 is 2. The second kappa shape index (κ2) is 9.01. The van der Waals surface area contributed by atoms with E-state index in [0.29, 0.717) is 15.5 Å². The van der Waals surface area contributed by atoms with Gasteiger partial charge in [-0.25, -0.2) is 19.6 Å². The molecule has 0 saturated heterocycles. The monoisotopic (exact) mass is 505 g/mol. The Morgan fingerprint density at radius 1 is 1.03 bits per heavy atom. The summed E-state index contributed by atoms with van der Waals surface area (Å²) >= 11 is 2.79. The molecule has 0 aliphatic heterocycles. The lowest BCUT2D eigenvalue weighted by Crippen LogP contribution is -2.17. The Kier molecular flexibility index (Phi) is 5.87. The van der Waals surface area contributed by atoms with E-state index in [-0.39, 0.29) is 22.6 Å². The predicted octanol–water partition coefficient (Wildman–Crippen LogP) is 4.65. The Labute approximate surface area is 207 Å². The smallest absolute Gasteiger partial charge is 0.357 e. The number of nitrogens with zero attached hydrogens (tertiary/aromatic N) is 4. The molecule has 0 radical (unpaired) electrons. The van der Waals surface area contributed by atoms with E-state index >= 15 is 0 Å². The molecule has 0 unspecified atom stereocenters. The van der Waals surface area contributed by atoms with Crippen molar-refractivity contribution in [2.45, 2.75) is 16.8 Å². The Hall–Kier alpha value is -3.96. The summed E-state index contributed by atoms with van der Waals surface area (Å²) in [5, 5.41) is 6.25. The summed E-state index contributed by atoms with van der Waals surface area (Å²) in [7, 11) is 2.41. The van der Waals surface area contributed by atoms with Gasteiger partial charge in [-0.2, -0.15) is 9.78 Å². The maximum Gasteiger partial charge on any atom is 0.357 e. The number of aryl methyl sites for hydroxylation is 1. The molecular weight excluding hydrogens is 486 g/mol. The number of hydrogen-bond donors (Lipinski definition) is 1. The summed E-state index contributed by atoms with van der Waals surface area (Å²) in [6.07, 6.45) is 0. The molecule has 2 aromatic carbocycles. The minimum Gasteiger partial charge on any atom is -0.465 e. The van der Waals surface area contributed by atoms with E-state index in [4.69, 9.17) is 20.3 Å². The third-order valence-electron chi connectivity index (χ3n) is 5.26. The van der Waals surface area contributed by atoms with Crippen LogP contribution in [0.5, 0.6) is 0 Å². The number of fused-ring (bicyclic) bond motifs is 2. The molecule has 35 heavy (non-hydrogen) atoms. The number of benzene rings is 2. The van der Waals surface area contributed by atoms with Crippen LogP contribution in [0.2, 0.25) is 0 Å². The van der Waals surface area contributed by atoms with Crippen LogP contribution in [0.4, 0.5) is 5.69 Å². The van der Waals surface area contributed by atoms with E-state index in [0.717, 1.165) is 20.7 Å². The number of hydrogen-bond acceptors (Lipinski definition) is 10. The number of carbonyl (C=O) groups is 2. The zero-order valence-corrected chi connectivity index (χ0v) is 20.6. The Morgan fingerprint density at radius 3 is 2.51 bits per heavy atom. The fraction of sp³-hybridized carbons (Fsp3) is 0.125. The van der Waals surface area contributed by atoms with Crippen molar-refractivity contribution in [1.82, 2.24) is 19.7 Å². The first-order chi connectivity index (χ1) is 16.9. The van der Waals surface area contributed by atoms with Crippen LogP contribution in [0.3, 0.4) is 0 Å². The van der Waals surface area contributed by atoms with Crippen LogP contribution >= 0.6 is 23.1 Å². The quantitative estimate of drug-likeness (QED) is 0.340. The summed E-state index contributed by atoms with van der Waals surface area (Å²) in [5.41, 5.74) is 8.29. The van der Waals surface area contributed by atoms with Crippen LogP contribution in [0.15, 0.2) is 58.5 Å². The standard InChI is InChI=1S/C24H19N5O4S2/c1-12-7-6-8-13(11-12)34-21-17-18(25)16(22(30)32-2)19(23(31)33-3)27-20(17)29(28-21)24-26-14-9-4-5-10-15(14)35-24/h4-11H,1-3H3,(H2,25,27). The Morgan fingerprint density at radius 2 is 1.80 bits per heavy atom. The van der Waals surface area contributed by atoms with Crippen LogP contribution in [-0.4, -0.2) is 45.9 Å². The molecule has 9 nitrogen and oxygen atoms in total. The molecule has 5 aromatic rings. The van der Waals surface area contributed by atoms with Crippen molar-refractivity contribution in [3.8, 4) is 5.13 Å². The molecule has 0 aliphatic rings. The van der Waals surface area contributed by atoms with E-state index in [1.807, 2.05) is 55.5 Å². The number of ether oxygens (including phenoxy) is 2. The third kappa shape index (κ3) is 3.98. The zero-order chi connectivity index (χ0) is 24.7. The van der Waals surface area contributed by atoms with E-state index in [9.17, 15) is 9.59 Å². The van der Waals surface area contributed by atoms with E-state index in [1.54, 1.807) is 4.68 Å². The summed E-state index contributed by atoms with van der Waals surface area (Å²) in [4.78, 5) is 35.3. The maximum atomic E-state index is 12.6. The fourth-order valence-electron chi connectivity index (χ4n) is 3.64. The Bertz CT molecular complexity index is 1590. The summed E-state index contributed by atoms with van der Waals surface area (Å²) < 4.78 is 12.3. The highest BCUT2D eigenvalue weighted by Gasteiger charge is 2.30. The molecule has 3 aromatic heterocycles. The van der Waals surface area contributed by atoms with Gasteiger partial charge in [0.25, 0.3) is 0 Å². The van der Waals surface area contributed by atoms with Crippen LogP contribution in [0, 0.1) is 6.92 Å². The number of pyridine rings is 1. The van der Waals surface area contributed by atoms with Gasteiger partial charge >= 0.3 is 11.9 Å². The lowest BCUT2D eigenvalue weighted by Gasteiger charge is -2.10. The van der Waals surface area contributed by atoms with Gasteiger partial charge < -0.3 is 15.2 Å². The van der Waals surface area contributed by atoms with Crippen LogP contribution < -0.4 is 5.73 Å². The third-order valence-corrected chi connectivity index (χ3v) is 7.24. The number of aromatic nitrogens is 4. The number of nitrogens with two attached hydrogens (primary N) is 1. The minimum atomic E-state index is -0.816. The minimum absolute atomic E-state index is 0.0322. The topological polar surface area (TPSA) is 122 Å². The van der Waals surface area contributed by atoms with Gasteiger partial charge in [0.05, 0.1) is 35.5 Å². The molecule has 0 bridgehead atoms. The molecule has 11 heteroatoms. The number of para-hydroxylation sites is 1. The average Bonchev–Trinajstić information content (AvgIpc) is 3.44. The van der Waals surface area contributed by atoms with Gasteiger partial charge in [-0.05, 0) is 31.2 Å². The van der Waals surface area contributed by atoms with Gasteiger partial charge in [-0.15, -0.1) is 0 Å². The Balaban J connectivity index is 1.83. The first-order valence-electron chi connectivity index (χ1n) is 10.4. The molecule has 3 heterocycles. The fourth-order valence-corrected chi connectivity index (χ4v) is 5.60. The van der Waals surface area contributed by atoms with Crippen LogP contribution in [-0.2, 0) is 9.47 Å². The molecular formula is C24H19N5O4S2. The van der Waals surface area contributed by atoms with Crippen molar-refractivity contribution in [2.75, 3.05) is 20.0 Å². The lowest BCUT2D eigenvalue weighted by atomic mass is 10.1. The molecule has 0 amide bonds. The van der Waals surface area contributed by atoms with E-state index in [1.165, 1.54) is 37.3 Å². The normalized spacial score (nSPS) is 11.2. The van der Waals surface area contributed by atoms with Crippen molar-refractivity contribution in [2.24, 2.45) is 0 Å². The van der Waals surface area contributed by atoms with E-state index in [2.05, 4.69) is 9.97 Å². The maximum absolute atomic E-state index is 12.6. The first-order valence-corrected chi connectivity index (χ1v) is 12.0. The molecule has 2 N–H and O–H groups in total. The highest BCUT2D eigenvalue weighted by atomic mass is 32.2. The number of anilines is 1. The van der Waals surface area contributed by atoms with Gasteiger partial charge in [0, 0.05) is 4.90 Å². The highest BCUT2D eigenvalue weighted by Crippen LogP contribution is 2.39. The summed E-state index contributed by atoms with van der Waals surface area (Å²) in [6.45, 7) is 2.00. The summed E-state index contributed by atoms with van der Waals surface area (Å²) in [6, 6.07) is 15.6. The molecule has 0 atom stereocenters. The van der Waals surface area contributed by atoms with Gasteiger partial charge in [0.15, 0.2) is 11.3 Å². The molecule has 0 aliphatic carbocycles. The highest BCUT2D eigenvalue weighted by molar-refractivity contribution is 7.99. The number of rotatable bonds is 5. The number of carbonyl (C=O) groups excluding carboxylic acids is 2. The van der Waals surface area contributed by atoms with Crippen molar-refractivity contribution in [3.63, 3.8) is 0 Å². The molecule has 0 spiro atoms. The number of nitrogen functional groups attached to an aromatic ring is 1. The first kappa shape index (κ1) is 22.8. The number of thiazole rings is 1. The molecule has 176 valence electrons. The lowest BCUT2D eigenvalue weighted by molar-refractivity contribution is 0.0551. The summed E-state index contributed by atoms with van der Waals surface area (Å²) in [5.74, 6) is -1.61. The predicted molar refractivity (Wildman–Crippen MR) is 134 cm³/mol.